The Hall–Kier alpha value is -2.76. The van der Waals surface area contributed by atoms with E-state index in [4.69, 9.17) is 9.90 Å². The van der Waals surface area contributed by atoms with Crippen LogP contribution in [0.4, 0.5) is 22.0 Å². The molecule has 192 valence electrons. The van der Waals surface area contributed by atoms with E-state index in [9.17, 15) is 31.5 Å². The highest BCUT2D eigenvalue weighted by atomic mass is 19.4. The summed E-state index contributed by atoms with van der Waals surface area (Å²) in [5.74, 6) is -4.35. The molecular formula is C22H30F5N3O4. The fourth-order valence-corrected chi connectivity index (χ4v) is 2.92. The standard InChI is InChI=1S/C20H29F2N3O2.C2HF3O2/c1-4-5-18(26)24(2)10-11-25(3)19(20(27)23-13-14-6-7-14)15-8-9-16(21)17(22)12-15;3-2(4,5)1(6)7/h8-9,12,14,19H,4-7,10-11,13H2,1-3H3,(H,23,27);(H,6,7). The smallest absolute Gasteiger partial charge is 0.475 e. The summed E-state index contributed by atoms with van der Waals surface area (Å²) in [6.45, 7) is 3.43. The molecule has 7 nitrogen and oxygen atoms in total. The maximum absolute atomic E-state index is 13.7. The van der Waals surface area contributed by atoms with Gasteiger partial charge in [-0.15, -0.1) is 0 Å². The van der Waals surface area contributed by atoms with Gasteiger partial charge in [-0.05, 0) is 49.9 Å². The molecule has 0 aromatic heterocycles. The third-order valence-electron chi connectivity index (χ3n) is 5.13. The molecule has 0 heterocycles. The summed E-state index contributed by atoms with van der Waals surface area (Å²) >= 11 is 0. The summed E-state index contributed by atoms with van der Waals surface area (Å²) < 4.78 is 58.8. The number of carboxylic acid groups (broad SMARTS) is 1. The number of alkyl halides is 3. The Kier molecular flexibility index (Phi) is 11.4. The zero-order valence-electron chi connectivity index (χ0n) is 19.3. The number of nitrogens with zero attached hydrogens (tertiary/aromatic N) is 2. The molecule has 1 saturated carbocycles. The van der Waals surface area contributed by atoms with E-state index in [0.717, 1.165) is 31.4 Å². The van der Waals surface area contributed by atoms with Gasteiger partial charge in [0, 0.05) is 33.1 Å². The van der Waals surface area contributed by atoms with Gasteiger partial charge in [0.25, 0.3) is 0 Å². The monoisotopic (exact) mass is 495 g/mol. The Morgan fingerprint density at radius 3 is 2.18 bits per heavy atom. The number of aliphatic carboxylic acids is 1. The number of carboxylic acids is 1. The maximum atomic E-state index is 13.7. The molecule has 1 aliphatic rings. The molecule has 2 rings (SSSR count). The van der Waals surface area contributed by atoms with Crippen molar-refractivity contribution in [1.82, 2.24) is 15.1 Å². The molecule has 34 heavy (non-hydrogen) atoms. The number of carbonyl (C=O) groups is 3. The van der Waals surface area contributed by atoms with Crippen molar-refractivity contribution in [2.75, 3.05) is 33.7 Å². The second-order valence-electron chi connectivity index (χ2n) is 8.11. The van der Waals surface area contributed by atoms with E-state index in [1.165, 1.54) is 6.07 Å². The number of carbonyl (C=O) groups excluding carboxylic acids is 2. The van der Waals surface area contributed by atoms with Crippen LogP contribution in [-0.2, 0) is 14.4 Å². The zero-order valence-corrected chi connectivity index (χ0v) is 19.3. The number of amides is 2. The van der Waals surface area contributed by atoms with E-state index in [0.29, 0.717) is 37.5 Å². The lowest BCUT2D eigenvalue weighted by molar-refractivity contribution is -0.192. The molecule has 2 amide bonds. The van der Waals surface area contributed by atoms with E-state index < -0.39 is 29.8 Å². The van der Waals surface area contributed by atoms with Crippen LogP contribution in [0, 0.1) is 17.6 Å². The van der Waals surface area contributed by atoms with E-state index >= 15 is 0 Å². The first-order valence-corrected chi connectivity index (χ1v) is 10.7. The SMILES string of the molecule is CCCC(=O)N(C)CCN(C)C(C(=O)NCC1CC1)c1ccc(F)c(F)c1.O=C(O)C(F)(F)F. The number of halogens is 5. The Balaban J connectivity index is 0.000000718. The minimum absolute atomic E-state index is 0.0495. The Bertz CT molecular complexity index is 846. The number of nitrogens with one attached hydrogen (secondary N) is 1. The van der Waals surface area contributed by atoms with Crippen molar-refractivity contribution in [2.24, 2.45) is 5.92 Å². The molecule has 0 aliphatic heterocycles. The molecule has 0 radical (unpaired) electrons. The van der Waals surface area contributed by atoms with Gasteiger partial charge in [-0.1, -0.05) is 13.0 Å². The number of benzene rings is 1. The average Bonchev–Trinajstić information content (AvgIpc) is 3.57. The maximum Gasteiger partial charge on any atom is 0.490 e. The fourth-order valence-electron chi connectivity index (χ4n) is 2.92. The Morgan fingerprint density at radius 2 is 1.71 bits per heavy atom. The van der Waals surface area contributed by atoms with Crippen LogP contribution in [0.2, 0.25) is 0 Å². The molecule has 1 aliphatic carbocycles. The summed E-state index contributed by atoms with van der Waals surface area (Å²) in [4.78, 5) is 37.0. The molecule has 0 spiro atoms. The zero-order chi connectivity index (χ0) is 26.1. The molecule has 1 aromatic carbocycles. The van der Waals surface area contributed by atoms with Crippen LogP contribution in [0.25, 0.3) is 0 Å². The van der Waals surface area contributed by atoms with Crippen LogP contribution in [0.15, 0.2) is 18.2 Å². The van der Waals surface area contributed by atoms with Crippen LogP contribution in [0.3, 0.4) is 0 Å². The normalized spacial score (nSPS) is 14.1. The first kappa shape index (κ1) is 29.3. The van der Waals surface area contributed by atoms with Crippen molar-refractivity contribution < 1.29 is 41.4 Å². The molecule has 0 saturated heterocycles. The summed E-state index contributed by atoms with van der Waals surface area (Å²) in [6.07, 6.45) is -1.61. The topological polar surface area (TPSA) is 90.0 Å². The molecule has 0 bridgehead atoms. The molecule has 1 atom stereocenters. The van der Waals surface area contributed by atoms with E-state index in [1.54, 1.807) is 23.9 Å². The van der Waals surface area contributed by atoms with Gasteiger partial charge in [0.1, 0.15) is 6.04 Å². The van der Waals surface area contributed by atoms with Crippen molar-refractivity contribution in [3.8, 4) is 0 Å². The minimum Gasteiger partial charge on any atom is -0.475 e. The molecule has 1 unspecified atom stereocenters. The van der Waals surface area contributed by atoms with Crippen molar-refractivity contribution in [3.05, 3.63) is 35.4 Å². The van der Waals surface area contributed by atoms with Gasteiger partial charge >= 0.3 is 12.1 Å². The van der Waals surface area contributed by atoms with Gasteiger partial charge in [-0.2, -0.15) is 13.2 Å². The summed E-state index contributed by atoms with van der Waals surface area (Å²) in [6, 6.07) is 2.80. The Morgan fingerprint density at radius 1 is 1.12 bits per heavy atom. The number of likely N-dealkylation sites (N-methyl/N-ethyl adjacent to an activating group) is 2. The lowest BCUT2D eigenvalue weighted by atomic mass is 10.0. The number of hydrogen-bond acceptors (Lipinski definition) is 4. The second-order valence-corrected chi connectivity index (χ2v) is 8.11. The van der Waals surface area contributed by atoms with Gasteiger partial charge in [0.05, 0.1) is 0 Å². The van der Waals surface area contributed by atoms with Crippen LogP contribution in [-0.4, -0.2) is 72.6 Å². The molecule has 2 N–H and O–H groups in total. The fraction of sp³-hybridized carbons (Fsp3) is 0.591. The molecule has 1 aromatic rings. The highest BCUT2D eigenvalue weighted by Gasteiger charge is 2.38. The van der Waals surface area contributed by atoms with E-state index in [2.05, 4.69) is 5.32 Å². The van der Waals surface area contributed by atoms with Crippen LogP contribution in [0.5, 0.6) is 0 Å². The predicted molar refractivity (Wildman–Crippen MR) is 114 cm³/mol. The quantitative estimate of drug-likeness (QED) is 0.486. The summed E-state index contributed by atoms with van der Waals surface area (Å²) in [5, 5.41) is 10.0. The van der Waals surface area contributed by atoms with Gasteiger partial charge in [0.15, 0.2) is 11.6 Å². The third-order valence-corrected chi connectivity index (χ3v) is 5.13. The lowest BCUT2D eigenvalue weighted by Gasteiger charge is -2.29. The highest BCUT2D eigenvalue weighted by Crippen LogP contribution is 2.28. The van der Waals surface area contributed by atoms with E-state index in [-0.39, 0.29) is 11.8 Å². The van der Waals surface area contributed by atoms with Gasteiger partial charge in [-0.25, -0.2) is 13.6 Å². The van der Waals surface area contributed by atoms with Crippen molar-refractivity contribution in [3.63, 3.8) is 0 Å². The summed E-state index contributed by atoms with van der Waals surface area (Å²) in [5.41, 5.74) is 0.396. The predicted octanol–water partition coefficient (Wildman–Crippen LogP) is 3.36. The number of rotatable bonds is 10. The number of hydrogen-bond donors (Lipinski definition) is 2. The second kappa shape index (κ2) is 13.2. The van der Waals surface area contributed by atoms with Crippen LogP contribution >= 0.6 is 0 Å². The highest BCUT2D eigenvalue weighted by molar-refractivity contribution is 5.83. The van der Waals surface area contributed by atoms with Crippen molar-refractivity contribution >= 4 is 17.8 Å². The average molecular weight is 495 g/mol. The first-order chi connectivity index (χ1) is 15.8. The molecule has 1 fully saturated rings. The molecule has 12 heteroatoms. The van der Waals surface area contributed by atoms with Gasteiger partial charge in [-0.3, -0.25) is 14.5 Å². The largest absolute Gasteiger partial charge is 0.490 e. The third kappa shape index (κ3) is 10.0. The van der Waals surface area contributed by atoms with Crippen molar-refractivity contribution in [1.29, 1.82) is 0 Å². The van der Waals surface area contributed by atoms with Gasteiger partial charge in [0.2, 0.25) is 11.8 Å². The summed E-state index contributed by atoms with van der Waals surface area (Å²) in [7, 11) is 3.48. The lowest BCUT2D eigenvalue weighted by Crippen LogP contribution is -2.42. The molecular weight excluding hydrogens is 465 g/mol. The Labute approximate surface area is 194 Å². The van der Waals surface area contributed by atoms with E-state index in [1.807, 2.05) is 6.92 Å². The first-order valence-electron chi connectivity index (χ1n) is 10.7. The van der Waals surface area contributed by atoms with Crippen molar-refractivity contribution in [2.45, 2.75) is 44.8 Å². The van der Waals surface area contributed by atoms with Gasteiger partial charge < -0.3 is 15.3 Å². The van der Waals surface area contributed by atoms with Crippen LogP contribution in [0.1, 0.15) is 44.2 Å². The minimum atomic E-state index is -5.08. The van der Waals surface area contributed by atoms with Crippen LogP contribution < -0.4 is 5.32 Å².